The SMILES string of the molecule is C=C(O)C1(c2ccc(N3CCC(c4onc(C)c4NC(=O)OC(C)C4CCCCC4)CC3)cc2)CC1. The summed E-state index contributed by atoms with van der Waals surface area (Å²) in [4.78, 5) is 15.1. The molecule has 0 spiro atoms. The zero-order valence-electron chi connectivity index (χ0n) is 21.6. The lowest BCUT2D eigenvalue weighted by molar-refractivity contribution is 0.0690. The van der Waals surface area contributed by atoms with E-state index in [1.54, 1.807) is 0 Å². The molecule has 2 aliphatic carbocycles. The van der Waals surface area contributed by atoms with E-state index in [0.717, 1.165) is 62.9 Å². The quantitative estimate of drug-likeness (QED) is 0.404. The summed E-state index contributed by atoms with van der Waals surface area (Å²) in [6.07, 6.45) is 9.23. The normalized spacial score (nSPS) is 21.1. The molecule has 194 valence electrons. The Morgan fingerprint density at radius 1 is 1.17 bits per heavy atom. The number of aliphatic hydroxyl groups is 1. The van der Waals surface area contributed by atoms with Gasteiger partial charge in [0.2, 0.25) is 0 Å². The first kappa shape index (κ1) is 24.7. The maximum absolute atomic E-state index is 12.7. The summed E-state index contributed by atoms with van der Waals surface area (Å²) in [6, 6.07) is 8.54. The zero-order chi connectivity index (χ0) is 25.3. The standard InChI is InChI=1S/C29H39N3O4/c1-19-26(30-28(34)35-20(2)22-7-5-4-6-8-22)27(36-31-19)23-13-17-32(18-14-23)25-11-9-24(10-12-25)29(15-16-29)21(3)33/h9-12,20,22-23,33H,3-8,13-18H2,1-2H3,(H,30,34). The van der Waals surface area contributed by atoms with E-state index in [-0.39, 0.29) is 23.2 Å². The molecule has 2 heterocycles. The molecule has 7 heteroatoms. The second-order valence-corrected chi connectivity index (χ2v) is 11.0. The fraction of sp³-hybridized carbons (Fsp3) is 0.586. The monoisotopic (exact) mass is 493 g/mol. The van der Waals surface area contributed by atoms with Crippen LogP contribution in [0.15, 0.2) is 41.1 Å². The lowest BCUT2D eigenvalue weighted by Crippen LogP contribution is -2.33. The highest BCUT2D eigenvalue weighted by molar-refractivity contribution is 5.86. The number of aliphatic hydroxyl groups excluding tert-OH is 1. The van der Waals surface area contributed by atoms with Crippen molar-refractivity contribution in [3.8, 4) is 0 Å². The van der Waals surface area contributed by atoms with Crippen molar-refractivity contribution in [1.82, 2.24) is 5.16 Å². The number of amides is 1. The van der Waals surface area contributed by atoms with E-state index in [4.69, 9.17) is 9.26 Å². The van der Waals surface area contributed by atoms with Gasteiger partial charge in [0, 0.05) is 24.7 Å². The molecule has 1 saturated heterocycles. The van der Waals surface area contributed by atoms with Gasteiger partial charge in [-0.15, -0.1) is 0 Å². The highest BCUT2D eigenvalue weighted by Gasteiger charge is 2.47. The van der Waals surface area contributed by atoms with E-state index < -0.39 is 6.09 Å². The summed E-state index contributed by atoms with van der Waals surface area (Å²) in [6.45, 7) is 9.42. The number of nitrogens with zero attached hydrogens (tertiary/aromatic N) is 2. The van der Waals surface area contributed by atoms with Gasteiger partial charge in [0.05, 0.1) is 11.2 Å². The fourth-order valence-corrected chi connectivity index (χ4v) is 6.08. The molecule has 2 aromatic rings. The fourth-order valence-electron chi connectivity index (χ4n) is 6.08. The minimum absolute atomic E-state index is 0.0891. The summed E-state index contributed by atoms with van der Waals surface area (Å²) in [7, 11) is 0. The van der Waals surface area contributed by atoms with Gasteiger partial charge in [-0.05, 0) is 76.0 Å². The van der Waals surface area contributed by atoms with E-state index >= 15 is 0 Å². The number of rotatable bonds is 7. The maximum Gasteiger partial charge on any atom is 0.412 e. The molecule has 1 aliphatic heterocycles. The zero-order valence-corrected chi connectivity index (χ0v) is 21.6. The number of carbonyl (C=O) groups is 1. The van der Waals surface area contributed by atoms with Crippen LogP contribution in [0.1, 0.15) is 87.6 Å². The van der Waals surface area contributed by atoms with E-state index in [1.807, 2.05) is 13.8 Å². The number of anilines is 2. The minimum Gasteiger partial charge on any atom is -0.512 e. The van der Waals surface area contributed by atoms with Crippen molar-refractivity contribution in [2.45, 2.75) is 89.1 Å². The molecule has 2 N–H and O–H groups in total. The molecule has 5 rings (SSSR count). The third-order valence-electron chi connectivity index (χ3n) is 8.68. The van der Waals surface area contributed by atoms with Crippen LogP contribution in [0.3, 0.4) is 0 Å². The topological polar surface area (TPSA) is 87.8 Å². The van der Waals surface area contributed by atoms with Gasteiger partial charge < -0.3 is 19.3 Å². The van der Waals surface area contributed by atoms with Crippen LogP contribution in [0.2, 0.25) is 0 Å². The third kappa shape index (κ3) is 4.97. The Hall–Kier alpha value is -2.96. The number of hydrogen-bond donors (Lipinski definition) is 2. The molecule has 0 radical (unpaired) electrons. The van der Waals surface area contributed by atoms with E-state index in [2.05, 4.69) is 46.2 Å². The number of ether oxygens (including phenoxy) is 1. The molecule has 3 aliphatic rings. The van der Waals surface area contributed by atoms with Crippen molar-refractivity contribution >= 4 is 17.5 Å². The molecule has 2 saturated carbocycles. The van der Waals surface area contributed by atoms with Crippen molar-refractivity contribution < 1.29 is 19.2 Å². The largest absolute Gasteiger partial charge is 0.512 e. The molecule has 3 fully saturated rings. The second kappa shape index (κ2) is 10.2. The Bertz CT molecular complexity index is 1070. The maximum atomic E-state index is 12.7. The van der Waals surface area contributed by atoms with Gasteiger partial charge in [-0.25, -0.2) is 4.79 Å². The number of benzene rings is 1. The smallest absolute Gasteiger partial charge is 0.412 e. The van der Waals surface area contributed by atoms with Crippen molar-refractivity contribution in [3.05, 3.63) is 53.6 Å². The summed E-state index contributed by atoms with van der Waals surface area (Å²) >= 11 is 0. The Labute approximate surface area is 213 Å². The Balaban J connectivity index is 1.17. The predicted octanol–water partition coefficient (Wildman–Crippen LogP) is 6.99. The van der Waals surface area contributed by atoms with E-state index in [1.165, 1.54) is 24.9 Å². The highest BCUT2D eigenvalue weighted by Crippen LogP contribution is 2.52. The minimum atomic E-state index is -0.419. The molecule has 1 amide bonds. The van der Waals surface area contributed by atoms with Gasteiger partial charge in [0.1, 0.15) is 17.5 Å². The number of hydrogen-bond acceptors (Lipinski definition) is 6. The first-order chi connectivity index (χ1) is 17.4. The van der Waals surface area contributed by atoms with Crippen LogP contribution in [0.25, 0.3) is 0 Å². The van der Waals surface area contributed by atoms with Gasteiger partial charge in [-0.3, -0.25) is 5.32 Å². The number of allylic oxidation sites excluding steroid dienone is 1. The van der Waals surface area contributed by atoms with Crippen molar-refractivity contribution in [2.24, 2.45) is 5.92 Å². The second-order valence-electron chi connectivity index (χ2n) is 11.0. The van der Waals surface area contributed by atoms with Crippen LogP contribution in [-0.2, 0) is 10.2 Å². The summed E-state index contributed by atoms with van der Waals surface area (Å²) in [5.74, 6) is 1.67. The van der Waals surface area contributed by atoms with Crippen LogP contribution < -0.4 is 10.2 Å². The Kier molecular flexibility index (Phi) is 7.00. The first-order valence-electron chi connectivity index (χ1n) is 13.5. The molecule has 1 aromatic heterocycles. The molecule has 1 atom stereocenters. The van der Waals surface area contributed by atoms with Crippen LogP contribution in [0, 0.1) is 12.8 Å². The molecular weight excluding hydrogens is 454 g/mol. The van der Waals surface area contributed by atoms with Crippen LogP contribution >= 0.6 is 0 Å². The molecular formula is C29H39N3O4. The van der Waals surface area contributed by atoms with Gasteiger partial charge >= 0.3 is 6.09 Å². The molecule has 36 heavy (non-hydrogen) atoms. The van der Waals surface area contributed by atoms with E-state index in [9.17, 15) is 9.90 Å². The summed E-state index contributed by atoms with van der Waals surface area (Å²) < 4.78 is 11.4. The molecule has 7 nitrogen and oxygen atoms in total. The van der Waals surface area contributed by atoms with Crippen LogP contribution in [-0.4, -0.2) is 35.5 Å². The van der Waals surface area contributed by atoms with E-state index in [0.29, 0.717) is 17.3 Å². The van der Waals surface area contributed by atoms with Gasteiger partial charge in [0.25, 0.3) is 0 Å². The Morgan fingerprint density at radius 2 is 1.83 bits per heavy atom. The van der Waals surface area contributed by atoms with Gasteiger partial charge in [0.15, 0.2) is 5.76 Å². The number of carbonyl (C=O) groups excluding carboxylic acids is 1. The molecule has 1 unspecified atom stereocenters. The summed E-state index contributed by atoms with van der Waals surface area (Å²) in [5, 5.41) is 17.1. The lowest BCUT2D eigenvalue weighted by Gasteiger charge is -2.33. The summed E-state index contributed by atoms with van der Waals surface area (Å²) in [5.41, 5.74) is 3.45. The number of aromatic nitrogens is 1. The first-order valence-corrected chi connectivity index (χ1v) is 13.5. The third-order valence-corrected chi connectivity index (χ3v) is 8.68. The lowest BCUT2D eigenvalue weighted by atomic mass is 9.86. The Morgan fingerprint density at radius 3 is 2.44 bits per heavy atom. The number of aryl methyl sites for hydroxylation is 1. The average molecular weight is 494 g/mol. The average Bonchev–Trinajstić information content (AvgIpc) is 3.64. The number of piperidine rings is 1. The van der Waals surface area contributed by atoms with Crippen LogP contribution in [0.4, 0.5) is 16.2 Å². The van der Waals surface area contributed by atoms with Crippen molar-refractivity contribution in [3.63, 3.8) is 0 Å². The van der Waals surface area contributed by atoms with Gasteiger partial charge in [-0.2, -0.15) is 0 Å². The van der Waals surface area contributed by atoms with Crippen molar-refractivity contribution in [2.75, 3.05) is 23.3 Å². The van der Waals surface area contributed by atoms with Crippen LogP contribution in [0.5, 0.6) is 0 Å². The van der Waals surface area contributed by atoms with Gasteiger partial charge in [-0.1, -0.05) is 43.1 Å². The highest BCUT2D eigenvalue weighted by atomic mass is 16.6. The predicted molar refractivity (Wildman–Crippen MR) is 141 cm³/mol. The molecule has 1 aromatic carbocycles. The van der Waals surface area contributed by atoms with Crippen molar-refractivity contribution in [1.29, 1.82) is 0 Å². The number of nitrogens with one attached hydrogen (secondary N) is 1. The molecule has 0 bridgehead atoms.